The molecule has 0 aliphatic heterocycles. The van der Waals surface area contributed by atoms with E-state index < -0.39 is 0 Å². The highest BCUT2D eigenvalue weighted by molar-refractivity contribution is 6.07. The zero-order valence-corrected chi connectivity index (χ0v) is 39.0. The first-order chi connectivity index (χ1) is 35.2. The molecule has 0 radical (unpaired) electrons. The van der Waals surface area contributed by atoms with Crippen LogP contribution in [-0.4, -0.2) is 4.57 Å². The molecule has 0 spiro atoms. The van der Waals surface area contributed by atoms with E-state index in [9.17, 15) is 0 Å². The molecule has 12 aromatic rings. The van der Waals surface area contributed by atoms with E-state index in [0.717, 1.165) is 110 Å². The van der Waals surface area contributed by atoms with Crippen LogP contribution in [0.15, 0.2) is 233 Å². The number of fused-ring (bicyclic) bond motifs is 9. The third-order valence-electron chi connectivity index (χ3n) is 14.5. The minimum Gasteiger partial charge on any atom is -0.456 e. The van der Waals surface area contributed by atoms with Crippen LogP contribution in [0.1, 0.15) is 35.4 Å². The average molecular weight is 914 g/mol. The maximum Gasteiger partial charge on any atom is 0.135 e. The van der Waals surface area contributed by atoms with Crippen LogP contribution < -0.4 is 9.80 Å². The second-order valence-corrected chi connectivity index (χ2v) is 18.7. The van der Waals surface area contributed by atoms with E-state index in [4.69, 9.17) is 8.83 Å². The van der Waals surface area contributed by atoms with Gasteiger partial charge >= 0.3 is 0 Å². The van der Waals surface area contributed by atoms with E-state index in [1.54, 1.807) is 0 Å². The molecule has 71 heavy (non-hydrogen) atoms. The van der Waals surface area contributed by atoms with Crippen LogP contribution in [0.2, 0.25) is 0 Å². The van der Waals surface area contributed by atoms with Crippen molar-refractivity contribution in [2.45, 2.75) is 25.7 Å². The Hall–Kier alpha value is -9.06. The standard InChI is InChI=1S/C66H47N3O2/c1-4-16-48(17-5-1)67(51-33-36-65-59(42-51)57-23-11-14-26-63(57)70-65)53-38-47(39-54(41-53)68(49-18-6-2-7-19-49)52-34-37-66-60(43-52)58-24-12-15-27-64(58)71-66)45-30-28-44(29-31-45)46-32-35-56-55-22-10-13-25-61(55)69(62(56)40-46)50-20-8-3-9-21-50/h1-9,11,13-21,23,25-43H,10,12,22,24H2. The number of furan rings is 2. The smallest absolute Gasteiger partial charge is 0.135 e. The number of hydrogen-bond acceptors (Lipinski definition) is 4. The summed E-state index contributed by atoms with van der Waals surface area (Å²) in [4.78, 5) is 4.76. The molecule has 0 fully saturated rings. The van der Waals surface area contributed by atoms with Gasteiger partial charge in [0, 0.05) is 72.6 Å². The van der Waals surface area contributed by atoms with E-state index in [2.05, 4.69) is 239 Å². The SMILES string of the molecule is C1=Cc2oc3ccc(N(c4ccccc4)c4cc(-c5ccc(-c6ccc7c8c(n(-c9ccccc9)c7c6)C=CCC8)cc5)cc(N(c5ccccc5)c5ccc6oc7ccccc7c6c5)c4)cc3c2CC1. The van der Waals surface area contributed by atoms with Gasteiger partial charge in [0.1, 0.15) is 22.5 Å². The molecule has 3 heterocycles. The van der Waals surface area contributed by atoms with Crippen molar-refractivity contribution in [3.05, 3.63) is 247 Å². The Balaban J connectivity index is 0.952. The lowest BCUT2D eigenvalue weighted by Gasteiger charge is -2.30. The molecule has 338 valence electrons. The highest BCUT2D eigenvalue weighted by Crippen LogP contribution is 2.46. The molecule has 0 N–H and O–H groups in total. The molecule has 5 nitrogen and oxygen atoms in total. The Labute approximate surface area is 412 Å². The molecule has 0 amide bonds. The number of hydrogen-bond donors (Lipinski definition) is 0. The van der Waals surface area contributed by atoms with Gasteiger partial charge in [-0.25, -0.2) is 0 Å². The van der Waals surface area contributed by atoms with Crippen LogP contribution in [0.3, 0.4) is 0 Å². The number of para-hydroxylation sites is 4. The topological polar surface area (TPSA) is 37.7 Å². The van der Waals surface area contributed by atoms with Gasteiger partial charge in [0.2, 0.25) is 0 Å². The molecule has 5 heteroatoms. The van der Waals surface area contributed by atoms with Crippen molar-refractivity contribution in [3.8, 4) is 27.9 Å². The lowest BCUT2D eigenvalue weighted by atomic mass is 9.97. The number of allylic oxidation sites excluding steroid dienone is 2. The normalized spacial score (nSPS) is 13.0. The molecule has 2 aliphatic rings. The molecule has 0 saturated carbocycles. The Morgan fingerprint density at radius 1 is 0.352 bits per heavy atom. The van der Waals surface area contributed by atoms with Gasteiger partial charge in [-0.05, 0) is 169 Å². The summed E-state index contributed by atoms with van der Waals surface area (Å²) >= 11 is 0. The zero-order chi connectivity index (χ0) is 46.8. The number of benzene rings is 9. The number of aromatic nitrogens is 1. The van der Waals surface area contributed by atoms with Crippen LogP contribution in [0.25, 0.3) is 83.9 Å². The minimum atomic E-state index is 0.865. The van der Waals surface area contributed by atoms with Gasteiger partial charge in [-0.3, -0.25) is 0 Å². The van der Waals surface area contributed by atoms with Crippen molar-refractivity contribution in [2.75, 3.05) is 9.80 Å². The number of aryl methyl sites for hydroxylation is 2. The highest BCUT2D eigenvalue weighted by atomic mass is 16.3. The van der Waals surface area contributed by atoms with Crippen molar-refractivity contribution in [2.24, 2.45) is 0 Å². The van der Waals surface area contributed by atoms with Gasteiger partial charge in [0.15, 0.2) is 0 Å². The van der Waals surface area contributed by atoms with E-state index in [-0.39, 0.29) is 0 Å². The summed E-state index contributed by atoms with van der Waals surface area (Å²) in [6.07, 6.45) is 13.0. The van der Waals surface area contributed by atoms with Crippen molar-refractivity contribution in [1.29, 1.82) is 0 Å². The molecule has 14 rings (SSSR count). The molecule has 0 atom stereocenters. The highest BCUT2D eigenvalue weighted by Gasteiger charge is 2.24. The third kappa shape index (κ3) is 7.08. The summed E-state index contributed by atoms with van der Waals surface area (Å²) in [6, 6.07) is 76.8. The number of nitrogens with zero attached hydrogens (tertiary/aromatic N) is 3. The van der Waals surface area contributed by atoms with Crippen LogP contribution >= 0.6 is 0 Å². The van der Waals surface area contributed by atoms with Crippen LogP contribution in [0.4, 0.5) is 34.1 Å². The van der Waals surface area contributed by atoms with E-state index in [1.165, 1.54) is 44.5 Å². The van der Waals surface area contributed by atoms with E-state index in [1.807, 2.05) is 12.1 Å². The Bertz CT molecular complexity index is 4040. The quantitative estimate of drug-likeness (QED) is 0.145. The summed E-state index contributed by atoms with van der Waals surface area (Å²) in [7, 11) is 0. The number of rotatable bonds is 9. The first-order valence-electron chi connectivity index (χ1n) is 24.7. The van der Waals surface area contributed by atoms with E-state index >= 15 is 0 Å². The summed E-state index contributed by atoms with van der Waals surface area (Å²) in [5.41, 5.74) is 19.9. The molecule has 0 unspecified atom stereocenters. The molecule has 0 bridgehead atoms. The molecule has 0 saturated heterocycles. The predicted molar refractivity (Wildman–Crippen MR) is 295 cm³/mol. The third-order valence-corrected chi connectivity index (χ3v) is 14.5. The first-order valence-corrected chi connectivity index (χ1v) is 24.7. The second kappa shape index (κ2) is 16.9. The Morgan fingerprint density at radius 3 is 1.62 bits per heavy atom. The van der Waals surface area contributed by atoms with E-state index in [0.29, 0.717) is 0 Å². The summed E-state index contributed by atoms with van der Waals surface area (Å²) in [5, 5.41) is 4.66. The minimum absolute atomic E-state index is 0.865. The summed E-state index contributed by atoms with van der Waals surface area (Å²) in [5.74, 6) is 0.963. The van der Waals surface area contributed by atoms with Crippen molar-refractivity contribution >= 4 is 90.1 Å². The predicted octanol–water partition coefficient (Wildman–Crippen LogP) is 18.5. The first kappa shape index (κ1) is 41.0. The largest absolute Gasteiger partial charge is 0.456 e. The van der Waals surface area contributed by atoms with Crippen molar-refractivity contribution in [3.63, 3.8) is 0 Å². The maximum absolute atomic E-state index is 6.40. The van der Waals surface area contributed by atoms with Crippen LogP contribution in [0.5, 0.6) is 0 Å². The van der Waals surface area contributed by atoms with Gasteiger partial charge in [-0.1, -0.05) is 121 Å². The van der Waals surface area contributed by atoms with Gasteiger partial charge in [-0.2, -0.15) is 0 Å². The lowest BCUT2D eigenvalue weighted by Crippen LogP contribution is -2.13. The Morgan fingerprint density at radius 2 is 0.915 bits per heavy atom. The lowest BCUT2D eigenvalue weighted by molar-refractivity contribution is 0.595. The van der Waals surface area contributed by atoms with Gasteiger partial charge < -0.3 is 23.2 Å². The average Bonchev–Trinajstić information content (AvgIpc) is 4.11. The van der Waals surface area contributed by atoms with Crippen LogP contribution in [-0.2, 0) is 12.8 Å². The van der Waals surface area contributed by atoms with Gasteiger partial charge in [-0.15, -0.1) is 0 Å². The van der Waals surface area contributed by atoms with Gasteiger partial charge in [0.25, 0.3) is 0 Å². The molecule has 9 aromatic carbocycles. The molecular weight excluding hydrogens is 867 g/mol. The maximum atomic E-state index is 6.40. The summed E-state index contributed by atoms with van der Waals surface area (Å²) < 4.78 is 15.2. The Kier molecular flexibility index (Phi) is 9.73. The van der Waals surface area contributed by atoms with Crippen molar-refractivity contribution in [1.82, 2.24) is 4.57 Å². The molecule has 2 aliphatic carbocycles. The monoisotopic (exact) mass is 913 g/mol. The van der Waals surface area contributed by atoms with Gasteiger partial charge in [0.05, 0.1) is 5.52 Å². The fourth-order valence-electron chi connectivity index (χ4n) is 11.2. The van der Waals surface area contributed by atoms with Crippen molar-refractivity contribution < 1.29 is 8.83 Å². The second-order valence-electron chi connectivity index (χ2n) is 18.7. The number of anilines is 6. The zero-order valence-electron chi connectivity index (χ0n) is 39.0. The molecule has 3 aromatic heterocycles. The van der Waals surface area contributed by atoms with Crippen LogP contribution in [0, 0.1) is 0 Å². The fraction of sp³-hybridized carbons (Fsp3) is 0.0606. The fourth-order valence-corrected chi connectivity index (χ4v) is 11.2. The summed E-state index contributed by atoms with van der Waals surface area (Å²) in [6.45, 7) is 0. The molecular formula is C66H47N3O2.